The van der Waals surface area contributed by atoms with Crippen molar-refractivity contribution in [3.05, 3.63) is 77.9 Å². The lowest BCUT2D eigenvalue weighted by atomic mass is 10.1. The molecule has 3 rings (SSSR count). The van der Waals surface area contributed by atoms with Crippen LogP contribution in [0.1, 0.15) is 38.3 Å². The molecule has 3 aromatic rings. The van der Waals surface area contributed by atoms with Crippen molar-refractivity contribution in [2.45, 2.75) is 51.5 Å². The molecule has 5 nitrogen and oxygen atoms in total. The van der Waals surface area contributed by atoms with Crippen LogP contribution >= 0.6 is 11.8 Å². The first-order chi connectivity index (χ1) is 17.0. The van der Waals surface area contributed by atoms with E-state index in [0.717, 1.165) is 46.3 Å². The van der Waals surface area contributed by atoms with E-state index in [0.29, 0.717) is 19.0 Å². The fourth-order valence-electron chi connectivity index (χ4n) is 3.40. The first kappa shape index (κ1) is 26.5. The maximum atomic E-state index is 11.6. The number of thioether (sulfide) groups is 1. The van der Waals surface area contributed by atoms with E-state index in [1.54, 1.807) is 0 Å². The van der Waals surface area contributed by atoms with Gasteiger partial charge in [0.05, 0.1) is 25.1 Å². The summed E-state index contributed by atoms with van der Waals surface area (Å²) in [5.41, 5.74) is 2.26. The lowest BCUT2D eigenvalue weighted by Crippen LogP contribution is -2.16. The summed E-state index contributed by atoms with van der Waals surface area (Å²) in [5, 5.41) is 0. The Labute approximate surface area is 212 Å². The lowest BCUT2D eigenvalue weighted by molar-refractivity contribution is -0.139. The molecule has 0 radical (unpaired) electrons. The first-order valence-corrected chi connectivity index (χ1v) is 13.0. The Bertz CT molecular complexity index is 1080. The number of rotatable bonds is 13. The summed E-state index contributed by atoms with van der Waals surface area (Å²) in [6.45, 7) is 8.90. The second-order valence-electron chi connectivity index (χ2n) is 8.14. The molecule has 0 N–H and O–H groups in total. The maximum Gasteiger partial charge on any atom is 0.316 e. The van der Waals surface area contributed by atoms with Crippen LogP contribution in [0.4, 0.5) is 0 Å². The smallest absolute Gasteiger partial charge is 0.316 e. The van der Waals surface area contributed by atoms with Crippen LogP contribution < -0.4 is 14.2 Å². The van der Waals surface area contributed by atoms with E-state index in [-0.39, 0.29) is 12.1 Å². The van der Waals surface area contributed by atoms with Gasteiger partial charge in [-0.25, -0.2) is 0 Å². The topological polar surface area (TPSA) is 54.0 Å². The van der Waals surface area contributed by atoms with Crippen LogP contribution in [0.3, 0.4) is 0 Å². The second kappa shape index (κ2) is 13.7. The molecule has 3 aromatic carbocycles. The van der Waals surface area contributed by atoms with Gasteiger partial charge in [-0.2, -0.15) is 0 Å². The average Bonchev–Trinajstić information content (AvgIpc) is 2.85. The van der Waals surface area contributed by atoms with Crippen molar-refractivity contribution in [1.29, 1.82) is 0 Å². The van der Waals surface area contributed by atoms with E-state index >= 15 is 0 Å². The zero-order valence-corrected chi connectivity index (χ0v) is 21.7. The predicted octanol–water partition coefficient (Wildman–Crippen LogP) is 7.24. The molecule has 0 aromatic heterocycles. The number of benzene rings is 3. The second-order valence-corrected chi connectivity index (χ2v) is 9.15. The number of carbonyl (C=O) groups is 1. The molecular weight excluding hydrogens is 460 g/mol. The maximum absolute atomic E-state index is 11.6. The van der Waals surface area contributed by atoms with E-state index in [1.807, 2.05) is 81.4 Å². The highest BCUT2D eigenvalue weighted by molar-refractivity contribution is 8.00. The SMILES string of the molecule is CCOC(=O)CSc1ccc(OCC[C@@H](C)Oc2ccc(CC)cc2Oc2ccccc2)cc1C. The number of carbonyl (C=O) groups excluding carboxylic acids is 1. The number of esters is 1. The lowest BCUT2D eigenvalue weighted by Gasteiger charge is -2.19. The molecular formula is C29H34O5S. The van der Waals surface area contributed by atoms with Crippen LogP contribution in [0.15, 0.2) is 71.6 Å². The Morgan fingerprint density at radius 2 is 1.74 bits per heavy atom. The molecule has 0 fully saturated rings. The molecule has 35 heavy (non-hydrogen) atoms. The minimum absolute atomic E-state index is 0.0545. The standard InChI is InChI=1S/C29H34O5S/c1-5-23-12-14-26(27(19-23)34-24-10-8-7-9-11-24)33-22(4)16-17-32-25-13-15-28(21(3)18-25)35-20-29(30)31-6-2/h7-15,18-19,22H,5-6,16-17,20H2,1-4H3/t22-/m1/s1. The summed E-state index contributed by atoms with van der Waals surface area (Å²) < 4.78 is 23.3. The van der Waals surface area contributed by atoms with Gasteiger partial charge in [-0.15, -0.1) is 11.8 Å². The highest BCUT2D eigenvalue weighted by Crippen LogP contribution is 2.34. The molecule has 0 aliphatic heterocycles. The van der Waals surface area contributed by atoms with E-state index < -0.39 is 0 Å². The first-order valence-electron chi connectivity index (χ1n) is 12.0. The van der Waals surface area contributed by atoms with Gasteiger partial charge in [0.25, 0.3) is 0 Å². The van der Waals surface area contributed by atoms with Gasteiger partial charge < -0.3 is 18.9 Å². The Kier molecular flexibility index (Phi) is 10.4. The average molecular weight is 495 g/mol. The molecule has 0 bridgehead atoms. The zero-order valence-electron chi connectivity index (χ0n) is 20.9. The van der Waals surface area contributed by atoms with Gasteiger partial charge in [0.2, 0.25) is 0 Å². The van der Waals surface area contributed by atoms with E-state index in [1.165, 1.54) is 17.3 Å². The van der Waals surface area contributed by atoms with Crippen LogP contribution in [0.25, 0.3) is 0 Å². The highest BCUT2D eigenvalue weighted by atomic mass is 32.2. The molecule has 1 atom stereocenters. The monoisotopic (exact) mass is 494 g/mol. The van der Waals surface area contributed by atoms with Crippen LogP contribution in [0, 0.1) is 6.92 Å². The number of hydrogen-bond acceptors (Lipinski definition) is 6. The van der Waals surface area contributed by atoms with Crippen molar-refractivity contribution in [2.24, 2.45) is 0 Å². The number of hydrogen-bond donors (Lipinski definition) is 0. The molecule has 0 aliphatic rings. The van der Waals surface area contributed by atoms with Gasteiger partial charge in [0.15, 0.2) is 11.5 Å². The van der Waals surface area contributed by atoms with Crippen LogP contribution in [0.5, 0.6) is 23.0 Å². The fourth-order valence-corrected chi connectivity index (χ4v) is 4.20. The van der Waals surface area contributed by atoms with Crippen molar-refractivity contribution in [3.8, 4) is 23.0 Å². The van der Waals surface area contributed by atoms with Gasteiger partial charge in [0, 0.05) is 11.3 Å². The summed E-state index contributed by atoms with van der Waals surface area (Å²) >= 11 is 1.48. The van der Waals surface area contributed by atoms with Crippen LogP contribution in [0.2, 0.25) is 0 Å². The van der Waals surface area contributed by atoms with Crippen LogP contribution in [-0.4, -0.2) is 31.0 Å². The summed E-state index contributed by atoms with van der Waals surface area (Å²) in [4.78, 5) is 12.6. The van der Waals surface area contributed by atoms with E-state index in [9.17, 15) is 4.79 Å². The minimum atomic E-state index is -0.201. The molecule has 0 aliphatic carbocycles. The van der Waals surface area contributed by atoms with E-state index in [4.69, 9.17) is 18.9 Å². The third kappa shape index (κ3) is 8.55. The molecule has 6 heteroatoms. The Balaban J connectivity index is 1.53. The van der Waals surface area contributed by atoms with Crippen molar-refractivity contribution in [1.82, 2.24) is 0 Å². The molecule has 0 saturated carbocycles. The summed E-state index contributed by atoms with van der Waals surface area (Å²) in [7, 11) is 0. The van der Waals surface area contributed by atoms with Gasteiger partial charge in [-0.1, -0.05) is 31.2 Å². The molecule has 0 spiro atoms. The van der Waals surface area contributed by atoms with Crippen molar-refractivity contribution in [3.63, 3.8) is 0 Å². The molecule has 0 unspecified atom stereocenters. The minimum Gasteiger partial charge on any atom is -0.493 e. The quantitative estimate of drug-likeness (QED) is 0.184. The normalized spacial score (nSPS) is 11.5. The van der Waals surface area contributed by atoms with E-state index in [2.05, 4.69) is 13.0 Å². The summed E-state index contributed by atoms with van der Waals surface area (Å²) in [6.07, 6.45) is 1.59. The fraction of sp³-hybridized carbons (Fsp3) is 0.345. The predicted molar refractivity (Wildman–Crippen MR) is 141 cm³/mol. The van der Waals surface area contributed by atoms with Gasteiger partial charge in [0.1, 0.15) is 11.5 Å². The molecule has 186 valence electrons. The summed E-state index contributed by atoms with van der Waals surface area (Å²) in [5.74, 6) is 3.12. The van der Waals surface area contributed by atoms with Gasteiger partial charge >= 0.3 is 5.97 Å². The third-order valence-corrected chi connectivity index (χ3v) is 6.45. The van der Waals surface area contributed by atoms with Crippen molar-refractivity contribution in [2.75, 3.05) is 19.0 Å². The number of para-hydroxylation sites is 1. The third-order valence-electron chi connectivity index (χ3n) is 5.31. The number of aryl methyl sites for hydroxylation is 2. The van der Waals surface area contributed by atoms with Gasteiger partial charge in [-0.05, 0) is 80.8 Å². The molecule has 0 saturated heterocycles. The summed E-state index contributed by atoms with van der Waals surface area (Å²) in [6, 6.07) is 21.7. The van der Waals surface area contributed by atoms with Crippen molar-refractivity contribution >= 4 is 17.7 Å². The highest BCUT2D eigenvalue weighted by Gasteiger charge is 2.13. The Morgan fingerprint density at radius 3 is 2.46 bits per heavy atom. The molecule has 0 heterocycles. The van der Waals surface area contributed by atoms with Gasteiger partial charge in [-0.3, -0.25) is 4.79 Å². The zero-order chi connectivity index (χ0) is 25.0. The number of ether oxygens (including phenoxy) is 4. The Morgan fingerprint density at radius 1 is 0.943 bits per heavy atom. The van der Waals surface area contributed by atoms with Crippen LogP contribution in [-0.2, 0) is 16.0 Å². The molecule has 0 amide bonds. The largest absolute Gasteiger partial charge is 0.493 e. The van der Waals surface area contributed by atoms with Crippen molar-refractivity contribution < 1.29 is 23.7 Å². The Hall–Kier alpha value is -3.12.